The van der Waals surface area contributed by atoms with Gasteiger partial charge in [0.2, 0.25) is 0 Å². The molecule has 27 heavy (non-hydrogen) atoms. The molecule has 0 unspecified atom stereocenters. The number of oxime groups is 1. The highest BCUT2D eigenvalue weighted by Crippen LogP contribution is 2.16. The maximum Gasteiger partial charge on any atom is 0.372 e. The first kappa shape index (κ1) is 18.5. The molecule has 3 aromatic rings. The van der Waals surface area contributed by atoms with Gasteiger partial charge in [-0.1, -0.05) is 16.8 Å². The summed E-state index contributed by atoms with van der Waals surface area (Å²) in [4.78, 5) is 20.9. The van der Waals surface area contributed by atoms with E-state index in [0.29, 0.717) is 27.6 Å². The average molecular weight is 385 g/mol. The molecule has 1 aromatic heterocycles. The van der Waals surface area contributed by atoms with Crippen molar-refractivity contribution < 1.29 is 18.8 Å². The lowest BCUT2D eigenvalue weighted by Gasteiger charge is -2.07. The van der Waals surface area contributed by atoms with E-state index in [1.165, 1.54) is 12.1 Å². The van der Waals surface area contributed by atoms with Gasteiger partial charge in [-0.3, -0.25) is 4.98 Å². The summed E-state index contributed by atoms with van der Waals surface area (Å²) in [6, 6.07) is 15.7. The third-order valence-electron chi connectivity index (χ3n) is 3.46. The van der Waals surface area contributed by atoms with Crippen molar-refractivity contribution in [1.29, 1.82) is 0 Å². The fourth-order valence-corrected chi connectivity index (χ4v) is 2.30. The molecule has 0 bridgehead atoms. The molecule has 0 atom stereocenters. The number of pyridine rings is 1. The lowest BCUT2D eigenvalue weighted by Crippen LogP contribution is -2.14. The third-order valence-corrected chi connectivity index (χ3v) is 3.71. The van der Waals surface area contributed by atoms with Crippen molar-refractivity contribution in [3.8, 4) is 5.75 Å². The molecule has 0 N–H and O–H groups in total. The predicted molar refractivity (Wildman–Crippen MR) is 99.3 cm³/mol. The molecule has 5 nitrogen and oxygen atoms in total. The number of ether oxygens (including phenoxy) is 1. The van der Waals surface area contributed by atoms with Gasteiger partial charge in [-0.2, -0.15) is 0 Å². The maximum atomic E-state index is 13.2. The summed E-state index contributed by atoms with van der Waals surface area (Å²) in [5.74, 6) is -0.586. The van der Waals surface area contributed by atoms with Crippen LogP contribution in [0.15, 0.2) is 78.2 Å². The minimum absolute atomic E-state index is 0.325. The summed E-state index contributed by atoms with van der Waals surface area (Å²) in [6.45, 7) is -0.325. The van der Waals surface area contributed by atoms with Gasteiger partial charge in [-0.25, -0.2) is 9.18 Å². The molecule has 136 valence electrons. The van der Waals surface area contributed by atoms with Gasteiger partial charge >= 0.3 is 5.97 Å². The molecule has 0 aliphatic rings. The van der Waals surface area contributed by atoms with Crippen LogP contribution in [-0.4, -0.2) is 23.3 Å². The van der Waals surface area contributed by atoms with Crippen molar-refractivity contribution in [3.05, 3.63) is 95.0 Å². The fraction of sp³-hybridized carbons (Fsp3) is 0.0500. The first-order valence-electron chi connectivity index (χ1n) is 7.94. The van der Waals surface area contributed by atoms with Crippen LogP contribution >= 0.6 is 11.6 Å². The molecule has 0 amide bonds. The normalized spacial score (nSPS) is 11.1. The van der Waals surface area contributed by atoms with E-state index >= 15 is 0 Å². The summed E-state index contributed by atoms with van der Waals surface area (Å²) in [6.07, 6.45) is 3.18. The van der Waals surface area contributed by atoms with E-state index in [0.717, 1.165) is 0 Å². The Balaban J connectivity index is 1.72. The van der Waals surface area contributed by atoms with E-state index in [-0.39, 0.29) is 12.4 Å². The van der Waals surface area contributed by atoms with Gasteiger partial charge in [0, 0.05) is 28.5 Å². The zero-order valence-corrected chi connectivity index (χ0v) is 14.8. The van der Waals surface area contributed by atoms with Crippen molar-refractivity contribution >= 4 is 23.3 Å². The van der Waals surface area contributed by atoms with Gasteiger partial charge in [-0.05, 0) is 60.7 Å². The Bertz CT molecular complexity index is 930. The Kier molecular flexibility index (Phi) is 6.12. The van der Waals surface area contributed by atoms with Crippen molar-refractivity contribution in [1.82, 2.24) is 4.98 Å². The summed E-state index contributed by atoms with van der Waals surface area (Å²) in [5, 5.41) is 4.49. The topological polar surface area (TPSA) is 60.8 Å². The smallest absolute Gasteiger partial charge is 0.372 e. The molecule has 0 saturated heterocycles. The third kappa shape index (κ3) is 5.36. The predicted octanol–water partition coefficient (Wildman–Crippen LogP) is 4.25. The van der Waals surface area contributed by atoms with E-state index in [2.05, 4.69) is 10.1 Å². The highest BCUT2D eigenvalue weighted by molar-refractivity contribution is 6.30. The highest BCUT2D eigenvalue weighted by Gasteiger charge is 2.11. The first-order chi connectivity index (χ1) is 13.1. The zero-order chi connectivity index (χ0) is 19.1. The van der Waals surface area contributed by atoms with E-state index in [1.807, 2.05) is 0 Å². The first-order valence-corrected chi connectivity index (χ1v) is 8.32. The molecule has 7 heteroatoms. The highest BCUT2D eigenvalue weighted by atomic mass is 35.5. The monoisotopic (exact) mass is 384 g/mol. The maximum absolute atomic E-state index is 13.2. The molecule has 0 fully saturated rings. The summed E-state index contributed by atoms with van der Waals surface area (Å²) in [7, 11) is 0. The Labute approximate surface area is 160 Å². The SMILES string of the molecule is O=C(COc1ccc(Cl)cc1)O/N=C(\c1ccc(F)cc1)c1cccnc1. The van der Waals surface area contributed by atoms with Crippen molar-refractivity contribution in [3.63, 3.8) is 0 Å². The standard InChI is InChI=1S/C20H14ClFN2O3/c21-16-5-9-18(10-6-16)26-13-19(25)27-24-20(15-2-1-11-23-12-15)14-3-7-17(22)8-4-14/h1-12H,13H2/b24-20+. The molecule has 2 aromatic carbocycles. The van der Waals surface area contributed by atoms with Crippen LogP contribution < -0.4 is 4.74 Å². The molecule has 0 aliphatic carbocycles. The lowest BCUT2D eigenvalue weighted by atomic mass is 10.0. The molecular weight excluding hydrogens is 371 g/mol. The quantitative estimate of drug-likeness (QED) is 0.362. The van der Waals surface area contributed by atoms with Crippen molar-refractivity contribution in [2.45, 2.75) is 0 Å². The van der Waals surface area contributed by atoms with Crippen LogP contribution in [0.4, 0.5) is 4.39 Å². The zero-order valence-electron chi connectivity index (χ0n) is 14.0. The summed E-state index contributed by atoms with van der Waals surface area (Å²) >= 11 is 5.79. The molecule has 0 spiro atoms. The van der Waals surface area contributed by atoms with E-state index in [9.17, 15) is 9.18 Å². The number of hydrogen-bond donors (Lipinski definition) is 0. The van der Waals surface area contributed by atoms with E-state index < -0.39 is 5.97 Å². The summed E-state index contributed by atoms with van der Waals surface area (Å²) in [5.41, 5.74) is 1.55. The second-order valence-electron chi connectivity index (χ2n) is 5.39. The minimum Gasteiger partial charge on any atom is -0.482 e. The van der Waals surface area contributed by atoms with Crippen LogP contribution in [0.5, 0.6) is 5.75 Å². The number of benzene rings is 2. The van der Waals surface area contributed by atoms with Crippen LogP contribution in [-0.2, 0) is 9.63 Å². The lowest BCUT2D eigenvalue weighted by molar-refractivity contribution is -0.146. The second kappa shape index (κ2) is 8.91. The van der Waals surface area contributed by atoms with Crippen molar-refractivity contribution in [2.75, 3.05) is 6.61 Å². The van der Waals surface area contributed by atoms with Crippen LogP contribution in [0.3, 0.4) is 0 Å². The van der Waals surface area contributed by atoms with Crippen LogP contribution in [0.1, 0.15) is 11.1 Å². The van der Waals surface area contributed by atoms with Crippen LogP contribution in [0.25, 0.3) is 0 Å². The Morgan fingerprint density at radius 3 is 2.44 bits per heavy atom. The molecule has 0 radical (unpaired) electrons. The number of hydrogen-bond acceptors (Lipinski definition) is 5. The van der Waals surface area contributed by atoms with Gasteiger partial charge < -0.3 is 9.57 Å². The summed E-state index contributed by atoms with van der Waals surface area (Å²) < 4.78 is 18.5. The number of nitrogens with zero attached hydrogens (tertiary/aromatic N) is 2. The van der Waals surface area contributed by atoms with Crippen molar-refractivity contribution in [2.24, 2.45) is 5.16 Å². The fourth-order valence-electron chi connectivity index (χ4n) is 2.18. The molecule has 0 saturated carbocycles. The van der Waals surface area contributed by atoms with E-state index in [4.69, 9.17) is 21.2 Å². The second-order valence-corrected chi connectivity index (χ2v) is 5.83. The van der Waals surface area contributed by atoms with Gasteiger partial charge in [-0.15, -0.1) is 0 Å². The number of rotatable bonds is 6. The van der Waals surface area contributed by atoms with Gasteiger partial charge in [0.1, 0.15) is 17.3 Å². The minimum atomic E-state index is -0.687. The molecular formula is C20H14ClFN2O3. The largest absolute Gasteiger partial charge is 0.482 e. The van der Waals surface area contributed by atoms with Crippen LogP contribution in [0, 0.1) is 5.82 Å². The molecule has 1 heterocycles. The number of carbonyl (C=O) groups is 1. The molecule has 0 aliphatic heterocycles. The number of carbonyl (C=O) groups excluding carboxylic acids is 1. The van der Waals surface area contributed by atoms with Gasteiger partial charge in [0.05, 0.1) is 0 Å². The Morgan fingerprint density at radius 1 is 1.04 bits per heavy atom. The number of halogens is 2. The van der Waals surface area contributed by atoms with Gasteiger partial charge in [0.25, 0.3) is 0 Å². The van der Waals surface area contributed by atoms with Gasteiger partial charge in [0.15, 0.2) is 6.61 Å². The average Bonchev–Trinajstić information content (AvgIpc) is 2.70. The number of aromatic nitrogens is 1. The Morgan fingerprint density at radius 2 is 1.78 bits per heavy atom. The van der Waals surface area contributed by atoms with E-state index in [1.54, 1.807) is 60.9 Å². The molecule has 3 rings (SSSR count). The Hall–Kier alpha value is -3.25. The van der Waals surface area contributed by atoms with Crippen LogP contribution in [0.2, 0.25) is 5.02 Å².